The number of aromatic nitrogens is 2. The maximum Gasteiger partial charge on any atom is 0.240 e. The number of hydrogen-bond donors (Lipinski definition) is 3. The summed E-state index contributed by atoms with van der Waals surface area (Å²) in [6, 6.07) is 2.17. The van der Waals surface area contributed by atoms with Gasteiger partial charge in [0.15, 0.2) is 0 Å². The predicted molar refractivity (Wildman–Crippen MR) is 86.6 cm³/mol. The maximum atomic E-state index is 5.47. The molecule has 0 atom stereocenters. The molecule has 0 aromatic carbocycles. The van der Waals surface area contributed by atoms with Crippen molar-refractivity contribution in [1.82, 2.24) is 9.97 Å². The molecule has 114 valence electrons. The SMILES string of the molecule is CCc1cc2c(NCC3CCOCC3)nc(NN)nc2s1. The normalized spacial score (nSPS) is 16.3. The summed E-state index contributed by atoms with van der Waals surface area (Å²) in [4.78, 5) is 11.2. The topological polar surface area (TPSA) is 85.1 Å². The molecule has 1 fully saturated rings. The largest absolute Gasteiger partial charge is 0.381 e. The number of rotatable bonds is 5. The van der Waals surface area contributed by atoms with Crippen LogP contribution in [0.4, 0.5) is 11.8 Å². The van der Waals surface area contributed by atoms with Crippen LogP contribution < -0.4 is 16.6 Å². The standard InChI is InChI=1S/C14H21N5OS/c1-2-10-7-11-12(16-8-9-3-5-20-6-4-9)17-14(19-15)18-13(11)21-10/h7,9H,2-6,8,15H2,1H3,(H2,16,17,18,19). The van der Waals surface area contributed by atoms with Crippen LogP contribution in [0.15, 0.2) is 6.07 Å². The highest BCUT2D eigenvalue weighted by atomic mass is 32.1. The first-order valence-electron chi connectivity index (χ1n) is 7.39. The van der Waals surface area contributed by atoms with Crippen molar-refractivity contribution < 1.29 is 4.74 Å². The lowest BCUT2D eigenvalue weighted by Crippen LogP contribution is -2.23. The van der Waals surface area contributed by atoms with Crippen molar-refractivity contribution in [3.05, 3.63) is 10.9 Å². The van der Waals surface area contributed by atoms with Gasteiger partial charge in [0.2, 0.25) is 5.95 Å². The molecule has 1 aliphatic rings. The molecule has 0 saturated carbocycles. The molecule has 3 heterocycles. The molecule has 0 aliphatic carbocycles. The zero-order valence-corrected chi connectivity index (χ0v) is 13.0. The third-order valence-electron chi connectivity index (χ3n) is 3.82. The smallest absolute Gasteiger partial charge is 0.240 e. The van der Waals surface area contributed by atoms with Crippen LogP contribution in [0, 0.1) is 5.92 Å². The number of fused-ring (bicyclic) bond motifs is 1. The van der Waals surface area contributed by atoms with E-state index in [0.717, 1.165) is 55.1 Å². The van der Waals surface area contributed by atoms with Crippen LogP contribution in [0.3, 0.4) is 0 Å². The fraction of sp³-hybridized carbons (Fsp3) is 0.571. The summed E-state index contributed by atoms with van der Waals surface area (Å²) in [5.41, 5.74) is 2.55. The summed E-state index contributed by atoms with van der Waals surface area (Å²) in [5, 5.41) is 4.56. The zero-order chi connectivity index (χ0) is 14.7. The average Bonchev–Trinajstić information content (AvgIpc) is 2.96. The number of nitrogens with two attached hydrogens (primary N) is 1. The van der Waals surface area contributed by atoms with Crippen LogP contribution in [-0.4, -0.2) is 29.7 Å². The van der Waals surface area contributed by atoms with Crippen molar-refractivity contribution in [2.75, 3.05) is 30.5 Å². The van der Waals surface area contributed by atoms with E-state index in [2.05, 4.69) is 33.7 Å². The summed E-state index contributed by atoms with van der Waals surface area (Å²) < 4.78 is 5.40. The van der Waals surface area contributed by atoms with Crippen molar-refractivity contribution >= 4 is 33.3 Å². The molecule has 2 aromatic rings. The van der Waals surface area contributed by atoms with E-state index in [1.807, 2.05) is 0 Å². The van der Waals surface area contributed by atoms with Gasteiger partial charge in [-0.05, 0) is 31.2 Å². The molecule has 21 heavy (non-hydrogen) atoms. The Morgan fingerprint density at radius 1 is 1.38 bits per heavy atom. The highest BCUT2D eigenvalue weighted by molar-refractivity contribution is 7.18. The van der Waals surface area contributed by atoms with Gasteiger partial charge in [-0.2, -0.15) is 4.98 Å². The molecule has 6 nitrogen and oxygen atoms in total. The van der Waals surface area contributed by atoms with Gasteiger partial charge in [-0.3, -0.25) is 5.43 Å². The first kappa shape index (κ1) is 14.5. The molecule has 0 bridgehead atoms. The quantitative estimate of drug-likeness (QED) is 0.581. The lowest BCUT2D eigenvalue weighted by Gasteiger charge is -2.22. The summed E-state index contributed by atoms with van der Waals surface area (Å²) in [7, 11) is 0. The molecular weight excluding hydrogens is 286 g/mol. The molecule has 0 unspecified atom stereocenters. The minimum Gasteiger partial charge on any atom is -0.381 e. The van der Waals surface area contributed by atoms with Crippen LogP contribution in [0.5, 0.6) is 0 Å². The summed E-state index contributed by atoms with van der Waals surface area (Å²) in [6.07, 6.45) is 3.21. The van der Waals surface area contributed by atoms with E-state index in [1.165, 1.54) is 4.88 Å². The van der Waals surface area contributed by atoms with Gasteiger partial charge in [-0.15, -0.1) is 11.3 Å². The Labute approximate surface area is 128 Å². The van der Waals surface area contributed by atoms with Gasteiger partial charge in [0.05, 0.1) is 5.39 Å². The molecule has 2 aromatic heterocycles. The zero-order valence-electron chi connectivity index (χ0n) is 12.2. The lowest BCUT2D eigenvalue weighted by molar-refractivity contribution is 0.0699. The molecule has 0 radical (unpaired) electrons. The number of ether oxygens (including phenoxy) is 1. The highest BCUT2D eigenvalue weighted by Gasteiger charge is 2.16. The molecule has 0 amide bonds. The molecular formula is C14H21N5OS. The molecule has 0 spiro atoms. The number of aryl methyl sites for hydroxylation is 1. The van der Waals surface area contributed by atoms with Crippen molar-refractivity contribution in [2.45, 2.75) is 26.2 Å². The second kappa shape index (κ2) is 6.55. The van der Waals surface area contributed by atoms with Gasteiger partial charge in [-0.25, -0.2) is 10.8 Å². The van der Waals surface area contributed by atoms with Gasteiger partial charge in [-0.1, -0.05) is 6.92 Å². The molecule has 3 rings (SSSR count). The monoisotopic (exact) mass is 307 g/mol. The fourth-order valence-corrected chi connectivity index (χ4v) is 3.50. The highest BCUT2D eigenvalue weighted by Crippen LogP contribution is 2.30. The van der Waals surface area contributed by atoms with E-state index >= 15 is 0 Å². The van der Waals surface area contributed by atoms with Crippen molar-refractivity contribution in [2.24, 2.45) is 11.8 Å². The van der Waals surface area contributed by atoms with Crippen molar-refractivity contribution in [3.8, 4) is 0 Å². The van der Waals surface area contributed by atoms with Crippen LogP contribution >= 0.6 is 11.3 Å². The number of hydrazine groups is 1. The van der Waals surface area contributed by atoms with Crippen molar-refractivity contribution in [1.29, 1.82) is 0 Å². The number of anilines is 2. The van der Waals surface area contributed by atoms with E-state index < -0.39 is 0 Å². The van der Waals surface area contributed by atoms with Crippen LogP contribution in [-0.2, 0) is 11.2 Å². The fourth-order valence-electron chi connectivity index (χ4n) is 2.54. The molecule has 7 heteroatoms. The Morgan fingerprint density at radius 3 is 2.90 bits per heavy atom. The lowest BCUT2D eigenvalue weighted by atomic mass is 10.0. The molecule has 1 saturated heterocycles. The minimum atomic E-state index is 0.460. The first-order valence-corrected chi connectivity index (χ1v) is 8.20. The van der Waals surface area contributed by atoms with E-state index in [0.29, 0.717) is 11.9 Å². The van der Waals surface area contributed by atoms with Crippen LogP contribution in [0.2, 0.25) is 0 Å². The summed E-state index contributed by atoms with van der Waals surface area (Å²) >= 11 is 1.70. The third kappa shape index (κ3) is 3.25. The number of nitrogens with zero attached hydrogens (tertiary/aromatic N) is 2. The van der Waals surface area contributed by atoms with Crippen LogP contribution in [0.1, 0.15) is 24.6 Å². The number of nitrogens with one attached hydrogen (secondary N) is 2. The molecule has 1 aliphatic heterocycles. The second-order valence-corrected chi connectivity index (χ2v) is 6.38. The van der Waals surface area contributed by atoms with E-state index in [1.54, 1.807) is 11.3 Å². The van der Waals surface area contributed by atoms with Gasteiger partial charge in [0, 0.05) is 24.6 Å². The van der Waals surface area contributed by atoms with Crippen molar-refractivity contribution in [3.63, 3.8) is 0 Å². The van der Waals surface area contributed by atoms with Gasteiger partial charge >= 0.3 is 0 Å². The second-order valence-electron chi connectivity index (χ2n) is 5.26. The summed E-state index contributed by atoms with van der Waals surface area (Å²) in [6.45, 7) is 4.78. The number of hydrogen-bond acceptors (Lipinski definition) is 7. The number of thiophene rings is 1. The molecule has 4 N–H and O–H groups in total. The predicted octanol–water partition coefficient (Wildman–Crippen LogP) is 2.38. The van der Waals surface area contributed by atoms with E-state index in [9.17, 15) is 0 Å². The minimum absolute atomic E-state index is 0.460. The van der Waals surface area contributed by atoms with E-state index in [4.69, 9.17) is 10.6 Å². The average molecular weight is 307 g/mol. The first-order chi connectivity index (χ1) is 10.3. The maximum absolute atomic E-state index is 5.47. The summed E-state index contributed by atoms with van der Waals surface area (Å²) in [5.74, 6) is 7.44. The Kier molecular flexibility index (Phi) is 4.52. The third-order valence-corrected chi connectivity index (χ3v) is 4.99. The number of nitrogen functional groups attached to an aromatic ring is 1. The Bertz CT molecular complexity index is 609. The van der Waals surface area contributed by atoms with Gasteiger partial charge in [0.25, 0.3) is 0 Å². The van der Waals surface area contributed by atoms with Gasteiger partial charge < -0.3 is 10.1 Å². The Balaban J connectivity index is 1.82. The van der Waals surface area contributed by atoms with Gasteiger partial charge in [0.1, 0.15) is 10.6 Å². The Hall–Kier alpha value is -1.44. The Morgan fingerprint density at radius 2 is 2.19 bits per heavy atom. The van der Waals surface area contributed by atoms with Crippen LogP contribution in [0.25, 0.3) is 10.2 Å². The van der Waals surface area contributed by atoms with E-state index in [-0.39, 0.29) is 0 Å².